The van der Waals surface area contributed by atoms with E-state index in [0.717, 1.165) is 5.69 Å². The average Bonchev–Trinajstić information content (AvgIpc) is 2.82. The first-order valence-electron chi connectivity index (χ1n) is 5.80. The van der Waals surface area contributed by atoms with Crippen molar-refractivity contribution in [2.45, 2.75) is 13.1 Å². The molecule has 0 spiro atoms. The van der Waals surface area contributed by atoms with Crippen LogP contribution in [0.15, 0.2) is 24.4 Å². The van der Waals surface area contributed by atoms with Crippen LogP contribution < -0.4 is 10.1 Å². The highest BCUT2D eigenvalue weighted by atomic mass is 35.5. The van der Waals surface area contributed by atoms with Gasteiger partial charge in [0.05, 0.1) is 17.3 Å². The highest BCUT2D eigenvalue weighted by molar-refractivity contribution is 6.30. The van der Waals surface area contributed by atoms with Gasteiger partial charge in [0.2, 0.25) is 0 Å². The molecule has 5 nitrogen and oxygen atoms in total. The number of aromatic nitrogens is 3. The molecule has 0 radical (unpaired) electrons. The third kappa shape index (κ3) is 3.90. The molecule has 0 amide bonds. The Labute approximate surface area is 115 Å². The third-order valence-electron chi connectivity index (χ3n) is 2.42. The van der Waals surface area contributed by atoms with Crippen molar-refractivity contribution in [2.24, 2.45) is 0 Å². The Kier molecular flexibility index (Phi) is 4.70. The molecule has 0 unspecified atom stereocenters. The molecule has 0 aliphatic carbocycles. The van der Waals surface area contributed by atoms with Crippen LogP contribution in [0, 0.1) is 5.82 Å². The summed E-state index contributed by atoms with van der Waals surface area (Å²) in [7, 11) is 1.84. The molecule has 19 heavy (non-hydrogen) atoms. The summed E-state index contributed by atoms with van der Waals surface area (Å²) < 4.78 is 20.3. The third-order valence-corrected chi connectivity index (χ3v) is 2.73. The predicted octanol–water partition coefficient (Wildman–Crippen LogP) is 1.87. The SMILES string of the molecule is CNCc1cn(CCOc2ccc(Cl)c(F)c2)nn1. The van der Waals surface area contributed by atoms with Crippen molar-refractivity contribution in [1.29, 1.82) is 0 Å². The Morgan fingerprint density at radius 1 is 1.47 bits per heavy atom. The van der Waals surface area contributed by atoms with Crippen LogP contribution in [0.2, 0.25) is 5.02 Å². The summed E-state index contributed by atoms with van der Waals surface area (Å²) in [4.78, 5) is 0. The van der Waals surface area contributed by atoms with Crippen LogP contribution >= 0.6 is 11.6 Å². The lowest BCUT2D eigenvalue weighted by atomic mass is 10.3. The van der Waals surface area contributed by atoms with E-state index in [9.17, 15) is 4.39 Å². The number of nitrogens with zero attached hydrogens (tertiary/aromatic N) is 3. The van der Waals surface area contributed by atoms with Crippen molar-refractivity contribution in [1.82, 2.24) is 20.3 Å². The van der Waals surface area contributed by atoms with E-state index in [1.807, 2.05) is 13.2 Å². The molecule has 7 heteroatoms. The first-order chi connectivity index (χ1) is 9.19. The van der Waals surface area contributed by atoms with E-state index in [-0.39, 0.29) is 5.02 Å². The predicted molar refractivity (Wildman–Crippen MR) is 69.7 cm³/mol. The molecule has 0 atom stereocenters. The van der Waals surface area contributed by atoms with Crippen molar-refractivity contribution in [3.63, 3.8) is 0 Å². The van der Waals surface area contributed by atoms with Gasteiger partial charge in [-0.15, -0.1) is 5.10 Å². The number of halogens is 2. The summed E-state index contributed by atoms with van der Waals surface area (Å²) in [5, 5.41) is 11.0. The van der Waals surface area contributed by atoms with E-state index >= 15 is 0 Å². The van der Waals surface area contributed by atoms with E-state index < -0.39 is 5.82 Å². The van der Waals surface area contributed by atoms with Crippen LogP contribution in [0.5, 0.6) is 5.75 Å². The van der Waals surface area contributed by atoms with Gasteiger partial charge in [0.1, 0.15) is 18.2 Å². The smallest absolute Gasteiger partial charge is 0.145 e. The van der Waals surface area contributed by atoms with Crippen molar-refractivity contribution in [3.05, 3.63) is 40.9 Å². The second kappa shape index (κ2) is 6.49. The van der Waals surface area contributed by atoms with Crippen LogP contribution in [0.25, 0.3) is 0 Å². The molecular formula is C12H14ClFN4O. The van der Waals surface area contributed by atoms with Gasteiger partial charge in [-0.1, -0.05) is 16.8 Å². The number of benzene rings is 1. The van der Waals surface area contributed by atoms with Gasteiger partial charge in [-0.05, 0) is 19.2 Å². The second-order valence-corrected chi connectivity index (χ2v) is 4.33. The van der Waals surface area contributed by atoms with Crippen molar-refractivity contribution in [3.8, 4) is 5.75 Å². The molecule has 2 rings (SSSR count). The zero-order valence-corrected chi connectivity index (χ0v) is 11.2. The maximum Gasteiger partial charge on any atom is 0.145 e. The Hall–Kier alpha value is -1.66. The summed E-state index contributed by atoms with van der Waals surface area (Å²) in [5.41, 5.74) is 0.861. The summed E-state index contributed by atoms with van der Waals surface area (Å²) in [6.45, 7) is 1.59. The van der Waals surface area contributed by atoms with Gasteiger partial charge in [0.15, 0.2) is 0 Å². The van der Waals surface area contributed by atoms with Crippen molar-refractivity contribution >= 4 is 11.6 Å². The average molecular weight is 285 g/mol. The maximum absolute atomic E-state index is 13.2. The topological polar surface area (TPSA) is 52.0 Å². The first-order valence-corrected chi connectivity index (χ1v) is 6.18. The Bertz CT molecular complexity index is 546. The lowest BCUT2D eigenvalue weighted by molar-refractivity contribution is 0.288. The van der Waals surface area contributed by atoms with Gasteiger partial charge in [-0.3, -0.25) is 0 Å². The molecule has 0 fully saturated rings. The minimum Gasteiger partial charge on any atom is -0.492 e. The van der Waals surface area contributed by atoms with E-state index in [2.05, 4.69) is 15.6 Å². The molecule has 0 aliphatic heterocycles. The van der Waals surface area contributed by atoms with Crippen LogP contribution in [0.4, 0.5) is 4.39 Å². The maximum atomic E-state index is 13.2. The van der Waals surface area contributed by atoms with Crippen LogP contribution in [0.3, 0.4) is 0 Å². The zero-order valence-electron chi connectivity index (χ0n) is 10.4. The minimum absolute atomic E-state index is 0.0836. The Balaban J connectivity index is 1.83. The highest BCUT2D eigenvalue weighted by Crippen LogP contribution is 2.20. The normalized spacial score (nSPS) is 10.7. The molecule has 0 saturated heterocycles. The van der Waals surface area contributed by atoms with Gasteiger partial charge in [0.25, 0.3) is 0 Å². The molecule has 102 valence electrons. The molecule has 0 aliphatic rings. The van der Waals surface area contributed by atoms with Gasteiger partial charge >= 0.3 is 0 Å². The van der Waals surface area contributed by atoms with Gasteiger partial charge in [-0.25, -0.2) is 9.07 Å². The Morgan fingerprint density at radius 2 is 2.32 bits per heavy atom. The largest absolute Gasteiger partial charge is 0.492 e. The number of hydrogen-bond acceptors (Lipinski definition) is 4. The zero-order chi connectivity index (χ0) is 13.7. The molecular weight excluding hydrogens is 271 g/mol. The van der Waals surface area contributed by atoms with Gasteiger partial charge in [0, 0.05) is 18.8 Å². The van der Waals surface area contributed by atoms with Crippen LogP contribution in [0.1, 0.15) is 5.69 Å². The second-order valence-electron chi connectivity index (χ2n) is 3.93. The molecule has 1 aromatic carbocycles. The number of hydrogen-bond donors (Lipinski definition) is 1. The highest BCUT2D eigenvalue weighted by Gasteiger charge is 2.03. The van der Waals surface area contributed by atoms with Crippen LogP contribution in [-0.2, 0) is 13.1 Å². The standard InChI is InChI=1S/C12H14ClFN4O/c1-15-7-9-8-18(17-16-9)4-5-19-10-2-3-11(13)12(14)6-10/h2-3,6,8,15H,4-5,7H2,1H3. The molecule has 1 aromatic heterocycles. The summed E-state index contributed by atoms with van der Waals surface area (Å²) in [5.74, 6) is -0.0475. The number of rotatable bonds is 6. The number of ether oxygens (including phenoxy) is 1. The van der Waals surface area contributed by atoms with Gasteiger partial charge in [-0.2, -0.15) is 0 Å². The van der Waals surface area contributed by atoms with E-state index in [4.69, 9.17) is 16.3 Å². The summed E-state index contributed by atoms with van der Waals surface area (Å²) in [6.07, 6.45) is 1.84. The van der Waals surface area contributed by atoms with E-state index in [1.54, 1.807) is 10.7 Å². The van der Waals surface area contributed by atoms with Crippen molar-refractivity contribution in [2.75, 3.05) is 13.7 Å². The molecule has 0 saturated carbocycles. The minimum atomic E-state index is -0.490. The lowest BCUT2D eigenvalue weighted by Crippen LogP contribution is -2.09. The van der Waals surface area contributed by atoms with Crippen molar-refractivity contribution < 1.29 is 9.13 Å². The summed E-state index contributed by atoms with van der Waals surface area (Å²) in [6, 6.07) is 4.35. The first kappa shape index (κ1) is 13.8. The fraction of sp³-hybridized carbons (Fsp3) is 0.333. The lowest BCUT2D eigenvalue weighted by Gasteiger charge is -2.06. The van der Waals surface area contributed by atoms with E-state index in [1.165, 1.54) is 12.1 Å². The number of nitrogens with one attached hydrogen (secondary N) is 1. The molecule has 1 N–H and O–H groups in total. The quantitative estimate of drug-likeness (QED) is 0.880. The van der Waals surface area contributed by atoms with Crippen LogP contribution in [-0.4, -0.2) is 28.6 Å². The molecule has 2 aromatic rings. The fourth-order valence-electron chi connectivity index (χ4n) is 1.53. The monoisotopic (exact) mass is 284 g/mol. The fourth-order valence-corrected chi connectivity index (χ4v) is 1.65. The Morgan fingerprint density at radius 3 is 3.05 bits per heavy atom. The van der Waals surface area contributed by atoms with Gasteiger partial charge < -0.3 is 10.1 Å². The van der Waals surface area contributed by atoms with E-state index in [0.29, 0.717) is 25.4 Å². The molecule has 1 heterocycles. The molecule has 0 bridgehead atoms. The summed E-state index contributed by atoms with van der Waals surface area (Å²) >= 11 is 5.58.